The van der Waals surface area contributed by atoms with E-state index in [2.05, 4.69) is 33.0 Å². The smallest absolute Gasteiger partial charge is 0.00105 e. The summed E-state index contributed by atoms with van der Waals surface area (Å²) in [5.74, 6) is 1.79. The maximum Gasteiger partial charge on any atom is 0.00105 e. The van der Waals surface area contributed by atoms with Crippen LogP contribution >= 0.6 is 0 Å². The molecule has 0 amide bonds. The Morgan fingerprint density at radius 3 is 2.35 bits per heavy atom. The van der Waals surface area contributed by atoms with Crippen LogP contribution in [-0.4, -0.2) is 13.1 Å². The fraction of sp³-hybridized carbons (Fsp3) is 1.00. The maximum absolute atomic E-state index is 3.73. The van der Waals surface area contributed by atoms with Gasteiger partial charge in [0.15, 0.2) is 0 Å². The summed E-state index contributed by atoms with van der Waals surface area (Å²) < 4.78 is 0. The first kappa shape index (κ1) is 15.0. The third kappa shape index (κ3) is 4.28. The largest absolute Gasteiger partial charge is 0.316 e. The Kier molecular flexibility index (Phi) is 6.54. The Balaban J connectivity index is 2.48. The van der Waals surface area contributed by atoms with E-state index < -0.39 is 0 Å². The lowest BCUT2D eigenvalue weighted by Crippen LogP contribution is -2.43. The van der Waals surface area contributed by atoms with E-state index in [1.54, 1.807) is 0 Å². The summed E-state index contributed by atoms with van der Waals surface area (Å²) in [6, 6.07) is 0. The number of hydrogen-bond acceptors (Lipinski definition) is 1. The Hall–Kier alpha value is -0.0400. The zero-order valence-electron chi connectivity index (χ0n) is 12.5. The second-order valence-electron chi connectivity index (χ2n) is 6.47. The minimum Gasteiger partial charge on any atom is -0.316 e. The van der Waals surface area contributed by atoms with E-state index in [1.165, 1.54) is 58.0 Å². The molecule has 102 valence electrons. The van der Waals surface area contributed by atoms with Crippen LogP contribution in [0.5, 0.6) is 0 Å². The Bertz CT molecular complexity index is 196. The van der Waals surface area contributed by atoms with Crippen molar-refractivity contribution in [1.29, 1.82) is 0 Å². The number of unbranched alkanes of at least 4 members (excludes halogenated alkanes) is 1. The first-order valence-corrected chi connectivity index (χ1v) is 7.85. The molecule has 0 aromatic rings. The van der Waals surface area contributed by atoms with Gasteiger partial charge in [0.25, 0.3) is 0 Å². The van der Waals surface area contributed by atoms with Crippen molar-refractivity contribution in [2.45, 2.75) is 72.6 Å². The van der Waals surface area contributed by atoms with E-state index >= 15 is 0 Å². The summed E-state index contributed by atoms with van der Waals surface area (Å²) in [5, 5.41) is 3.73. The summed E-state index contributed by atoms with van der Waals surface area (Å²) in [6.45, 7) is 11.8. The van der Waals surface area contributed by atoms with Crippen molar-refractivity contribution in [2.24, 2.45) is 17.3 Å². The molecule has 17 heavy (non-hydrogen) atoms. The highest BCUT2D eigenvalue weighted by molar-refractivity contribution is 4.91. The molecule has 0 radical (unpaired) electrons. The molecule has 1 aliphatic carbocycles. The third-order valence-corrected chi connectivity index (χ3v) is 4.73. The predicted octanol–water partition coefficient (Wildman–Crippen LogP) is 4.62. The normalized spacial score (nSPS) is 20.3. The zero-order valence-corrected chi connectivity index (χ0v) is 12.5. The second-order valence-corrected chi connectivity index (χ2v) is 6.47. The molecule has 1 N–H and O–H groups in total. The summed E-state index contributed by atoms with van der Waals surface area (Å²) in [6.07, 6.45) is 10.0. The van der Waals surface area contributed by atoms with Gasteiger partial charge in [0.05, 0.1) is 0 Å². The van der Waals surface area contributed by atoms with Gasteiger partial charge >= 0.3 is 0 Å². The number of rotatable bonds is 9. The molecule has 1 fully saturated rings. The first-order chi connectivity index (χ1) is 8.14. The lowest BCUT2D eigenvalue weighted by molar-refractivity contribution is 0.0631. The van der Waals surface area contributed by atoms with Crippen molar-refractivity contribution >= 4 is 0 Å². The molecule has 0 bridgehead atoms. The van der Waals surface area contributed by atoms with E-state index in [0.717, 1.165) is 11.8 Å². The van der Waals surface area contributed by atoms with Crippen molar-refractivity contribution in [3.8, 4) is 0 Å². The van der Waals surface area contributed by atoms with E-state index in [-0.39, 0.29) is 0 Å². The van der Waals surface area contributed by atoms with Crippen molar-refractivity contribution in [3.63, 3.8) is 0 Å². The van der Waals surface area contributed by atoms with Crippen LogP contribution in [0.25, 0.3) is 0 Å². The standard InChI is InChI=1S/C16H33N/c1-5-7-11-16(6-2,15-9-8-10-15)13-17-12-14(3)4/h14-15,17H,5-13H2,1-4H3. The summed E-state index contributed by atoms with van der Waals surface area (Å²) >= 11 is 0. The fourth-order valence-electron chi connectivity index (χ4n) is 3.19. The minimum atomic E-state index is 0.614. The van der Waals surface area contributed by atoms with Crippen molar-refractivity contribution in [1.82, 2.24) is 5.32 Å². The van der Waals surface area contributed by atoms with Crippen LogP contribution in [0.3, 0.4) is 0 Å². The van der Waals surface area contributed by atoms with Gasteiger partial charge < -0.3 is 5.32 Å². The van der Waals surface area contributed by atoms with E-state index in [9.17, 15) is 0 Å². The lowest BCUT2D eigenvalue weighted by atomic mass is 9.61. The van der Waals surface area contributed by atoms with Gasteiger partial charge in [0.2, 0.25) is 0 Å². The molecular formula is C16H33N. The van der Waals surface area contributed by atoms with E-state index in [0.29, 0.717) is 5.41 Å². The maximum atomic E-state index is 3.73. The molecule has 0 aromatic carbocycles. The van der Waals surface area contributed by atoms with Gasteiger partial charge in [-0.25, -0.2) is 0 Å². The molecule has 0 heterocycles. The van der Waals surface area contributed by atoms with E-state index in [1.807, 2.05) is 0 Å². The van der Waals surface area contributed by atoms with Gasteiger partial charge in [0, 0.05) is 6.54 Å². The van der Waals surface area contributed by atoms with Gasteiger partial charge in [-0.2, -0.15) is 0 Å². The van der Waals surface area contributed by atoms with Gasteiger partial charge in [-0.15, -0.1) is 0 Å². The van der Waals surface area contributed by atoms with Crippen LogP contribution in [0.15, 0.2) is 0 Å². The molecule has 1 aliphatic rings. The third-order valence-electron chi connectivity index (χ3n) is 4.73. The average molecular weight is 239 g/mol. The quantitative estimate of drug-likeness (QED) is 0.619. The highest BCUT2D eigenvalue weighted by Gasteiger charge is 2.39. The molecule has 1 unspecified atom stereocenters. The van der Waals surface area contributed by atoms with Crippen LogP contribution in [0.1, 0.15) is 72.6 Å². The zero-order chi connectivity index (χ0) is 12.7. The monoisotopic (exact) mass is 239 g/mol. The van der Waals surface area contributed by atoms with Gasteiger partial charge in [0.1, 0.15) is 0 Å². The topological polar surface area (TPSA) is 12.0 Å². The van der Waals surface area contributed by atoms with Crippen molar-refractivity contribution < 1.29 is 0 Å². The van der Waals surface area contributed by atoms with Crippen LogP contribution in [-0.2, 0) is 0 Å². The van der Waals surface area contributed by atoms with Crippen LogP contribution in [0.4, 0.5) is 0 Å². The highest BCUT2D eigenvalue weighted by atomic mass is 14.9. The molecule has 0 saturated heterocycles. The minimum absolute atomic E-state index is 0.614. The van der Waals surface area contributed by atoms with Crippen molar-refractivity contribution in [3.05, 3.63) is 0 Å². The van der Waals surface area contributed by atoms with Gasteiger partial charge in [-0.3, -0.25) is 0 Å². The molecule has 0 aromatic heterocycles. The molecule has 0 spiro atoms. The van der Waals surface area contributed by atoms with Crippen molar-refractivity contribution in [2.75, 3.05) is 13.1 Å². The average Bonchev–Trinajstić information content (AvgIpc) is 2.22. The van der Waals surface area contributed by atoms with Gasteiger partial charge in [-0.1, -0.05) is 47.0 Å². The highest BCUT2D eigenvalue weighted by Crippen LogP contribution is 2.47. The van der Waals surface area contributed by atoms with Crippen LogP contribution in [0.2, 0.25) is 0 Å². The molecule has 1 saturated carbocycles. The lowest BCUT2D eigenvalue weighted by Gasteiger charge is -2.46. The SMILES string of the molecule is CCCCC(CC)(CNCC(C)C)C1CCC1. The Labute approximate surface area is 109 Å². The molecular weight excluding hydrogens is 206 g/mol. The van der Waals surface area contributed by atoms with Crippen LogP contribution in [0, 0.1) is 17.3 Å². The molecule has 1 atom stereocenters. The molecule has 1 heteroatoms. The first-order valence-electron chi connectivity index (χ1n) is 7.85. The number of nitrogens with one attached hydrogen (secondary N) is 1. The second kappa shape index (κ2) is 7.41. The summed E-state index contributed by atoms with van der Waals surface area (Å²) in [7, 11) is 0. The number of hydrogen-bond donors (Lipinski definition) is 1. The Morgan fingerprint density at radius 2 is 1.94 bits per heavy atom. The molecule has 1 nitrogen and oxygen atoms in total. The Morgan fingerprint density at radius 1 is 1.24 bits per heavy atom. The molecule has 1 rings (SSSR count). The fourth-order valence-corrected chi connectivity index (χ4v) is 3.19. The molecule has 0 aliphatic heterocycles. The predicted molar refractivity (Wildman–Crippen MR) is 77.3 cm³/mol. The summed E-state index contributed by atoms with van der Waals surface area (Å²) in [4.78, 5) is 0. The van der Waals surface area contributed by atoms with E-state index in [4.69, 9.17) is 0 Å². The van der Waals surface area contributed by atoms with Gasteiger partial charge in [-0.05, 0) is 49.5 Å². The summed E-state index contributed by atoms with van der Waals surface area (Å²) in [5.41, 5.74) is 0.614. The van der Waals surface area contributed by atoms with Crippen LogP contribution < -0.4 is 5.32 Å².